The van der Waals surface area contributed by atoms with Crippen molar-refractivity contribution in [3.05, 3.63) is 176 Å². The molecule has 0 radical (unpaired) electrons. The largest absolute Gasteiger partial charge is 0.452 e. The molecule has 4 heterocycles. The third-order valence-electron chi connectivity index (χ3n) is 10.2. The van der Waals surface area contributed by atoms with Crippen molar-refractivity contribution in [3.63, 3.8) is 0 Å². The van der Waals surface area contributed by atoms with Crippen molar-refractivity contribution in [2.45, 2.75) is 0 Å². The lowest BCUT2D eigenvalue weighted by atomic mass is 9.93. The molecule has 11 aromatic rings. The average Bonchev–Trinajstić information content (AvgIpc) is 3.85. The van der Waals surface area contributed by atoms with Crippen molar-refractivity contribution >= 4 is 53.6 Å². The number of furan rings is 1. The molecule has 56 heavy (non-hydrogen) atoms. The van der Waals surface area contributed by atoms with E-state index in [2.05, 4.69) is 72.8 Å². The third-order valence-corrected chi connectivity index (χ3v) is 11.3. The molecule has 0 aliphatic rings. The van der Waals surface area contributed by atoms with Gasteiger partial charge < -0.3 is 4.42 Å². The van der Waals surface area contributed by atoms with Crippen molar-refractivity contribution in [1.29, 1.82) is 0 Å². The van der Waals surface area contributed by atoms with E-state index in [0.717, 1.165) is 61.1 Å². The van der Waals surface area contributed by atoms with E-state index < -0.39 is 0 Å². The predicted molar refractivity (Wildman–Crippen MR) is 228 cm³/mol. The minimum atomic E-state index is 0.559. The first-order chi connectivity index (χ1) is 27.7. The van der Waals surface area contributed by atoms with Crippen LogP contribution in [-0.4, -0.2) is 24.9 Å². The van der Waals surface area contributed by atoms with E-state index >= 15 is 0 Å². The molecule has 0 atom stereocenters. The van der Waals surface area contributed by atoms with Gasteiger partial charge in [0.2, 0.25) is 0 Å². The van der Waals surface area contributed by atoms with Gasteiger partial charge in [-0.15, -0.1) is 11.3 Å². The summed E-state index contributed by atoms with van der Waals surface area (Å²) in [5.74, 6) is 2.33. The van der Waals surface area contributed by atoms with Crippen LogP contribution >= 0.6 is 11.3 Å². The molecule has 6 nitrogen and oxygen atoms in total. The summed E-state index contributed by atoms with van der Waals surface area (Å²) >= 11 is 1.80. The number of aromatic nitrogens is 5. The van der Waals surface area contributed by atoms with Crippen LogP contribution < -0.4 is 0 Å². The second kappa shape index (κ2) is 13.2. The highest BCUT2D eigenvalue weighted by atomic mass is 32.1. The van der Waals surface area contributed by atoms with Crippen LogP contribution in [-0.2, 0) is 0 Å². The Balaban J connectivity index is 1.21. The number of rotatable bonds is 6. The van der Waals surface area contributed by atoms with Crippen molar-refractivity contribution in [2.75, 3.05) is 0 Å². The Labute approximate surface area is 325 Å². The van der Waals surface area contributed by atoms with Crippen LogP contribution in [0.4, 0.5) is 0 Å². The lowest BCUT2D eigenvalue weighted by Gasteiger charge is -2.15. The van der Waals surface area contributed by atoms with Gasteiger partial charge in [0.25, 0.3) is 0 Å². The smallest absolute Gasteiger partial charge is 0.180 e. The molecule has 0 spiro atoms. The summed E-state index contributed by atoms with van der Waals surface area (Å²) in [4.78, 5) is 25.9. The van der Waals surface area contributed by atoms with Crippen LogP contribution in [0.3, 0.4) is 0 Å². The normalized spacial score (nSPS) is 11.6. The Morgan fingerprint density at radius 3 is 1.70 bits per heavy atom. The van der Waals surface area contributed by atoms with E-state index in [1.807, 2.05) is 103 Å². The molecule has 262 valence electrons. The van der Waals surface area contributed by atoms with Crippen LogP contribution in [0.1, 0.15) is 0 Å². The summed E-state index contributed by atoms with van der Waals surface area (Å²) in [6.07, 6.45) is 0. The topological polar surface area (TPSA) is 77.6 Å². The summed E-state index contributed by atoms with van der Waals surface area (Å²) in [7, 11) is 0. The fourth-order valence-electron chi connectivity index (χ4n) is 7.54. The summed E-state index contributed by atoms with van der Waals surface area (Å²) in [5, 5.41) is 3.36. The maximum Gasteiger partial charge on any atom is 0.180 e. The first kappa shape index (κ1) is 32.1. The van der Waals surface area contributed by atoms with E-state index in [-0.39, 0.29) is 0 Å². The minimum Gasteiger partial charge on any atom is -0.452 e. The molecule has 0 amide bonds. The molecule has 0 fully saturated rings. The summed E-state index contributed by atoms with van der Waals surface area (Å²) in [6, 6.07) is 59.9. The van der Waals surface area contributed by atoms with Gasteiger partial charge in [0.1, 0.15) is 16.8 Å². The van der Waals surface area contributed by atoms with Crippen LogP contribution in [0.2, 0.25) is 0 Å². The molecule has 7 heteroatoms. The lowest BCUT2D eigenvalue weighted by Crippen LogP contribution is -2.02. The van der Waals surface area contributed by atoms with Crippen LogP contribution in [0, 0.1) is 0 Å². The van der Waals surface area contributed by atoms with Crippen molar-refractivity contribution in [3.8, 4) is 67.9 Å². The first-order valence-electron chi connectivity index (χ1n) is 18.4. The molecule has 0 aliphatic heterocycles. The van der Waals surface area contributed by atoms with E-state index in [1.54, 1.807) is 11.3 Å². The van der Waals surface area contributed by atoms with Crippen LogP contribution in [0.5, 0.6) is 0 Å². The Bertz CT molecular complexity index is 3190. The van der Waals surface area contributed by atoms with E-state index in [0.29, 0.717) is 28.9 Å². The zero-order valence-electron chi connectivity index (χ0n) is 29.8. The van der Waals surface area contributed by atoms with Crippen molar-refractivity contribution in [1.82, 2.24) is 24.9 Å². The third kappa shape index (κ3) is 5.44. The number of hydrogen-bond donors (Lipinski definition) is 0. The molecule has 11 rings (SSSR count). The lowest BCUT2D eigenvalue weighted by molar-refractivity contribution is 0.667. The molecule has 0 unspecified atom stereocenters. The maximum absolute atomic E-state index is 6.43. The number of hydrogen-bond acceptors (Lipinski definition) is 7. The highest BCUT2D eigenvalue weighted by Crippen LogP contribution is 2.44. The monoisotopic (exact) mass is 735 g/mol. The van der Waals surface area contributed by atoms with Gasteiger partial charge >= 0.3 is 0 Å². The molecule has 0 aliphatic carbocycles. The SMILES string of the molecule is c1ccc(-c2nc(-c3ccccc3)nc(-c3cc(-c4nc(-c5ccccc5)c5oc6ccccc6c5n4)ccc3-c3cccc4sc5ccccc5c34)n2)cc1. The van der Waals surface area contributed by atoms with Gasteiger partial charge in [-0.05, 0) is 41.5 Å². The van der Waals surface area contributed by atoms with Gasteiger partial charge in [-0.2, -0.15) is 0 Å². The van der Waals surface area contributed by atoms with E-state index in [4.69, 9.17) is 29.3 Å². The number of thiophene rings is 1. The van der Waals surface area contributed by atoms with Gasteiger partial charge in [0.05, 0.1) is 0 Å². The maximum atomic E-state index is 6.43. The summed E-state index contributed by atoms with van der Waals surface area (Å²) in [6.45, 7) is 0. The summed E-state index contributed by atoms with van der Waals surface area (Å²) < 4.78 is 8.89. The number of fused-ring (bicyclic) bond motifs is 6. The molecule has 0 bridgehead atoms. The van der Waals surface area contributed by atoms with E-state index in [9.17, 15) is 0 Å². The standard InChI is InChI=1S/C49H29N5OS/c1-4-15-30(16-5-1)43-45-44(36-21-10-12-24-39(36)55-45)51-48(50-43)33-27-28-34(35-23-14-26-41-42(35)37-22-11-13-25-40(37)56-41)38(29-33)49-53-46(31-17-6-2-7-18-31)52-47(54-49)32-19-8-3-9-20-32/h1-29H. The van der Waals surface area contributed by atoms with Gasteiger partial charge in [0.15, 0.2) is 28.9 Å². The first-order valence-corrected chi connectivity index (χ1v) is 19.2. The molecule has 7 aromatic carbocycles. The minimum absolute atomic E-state index is 0.559. The quantitative estimate of drug-likeness (QED) is 0.169. The van der Waals surface area contributed by atoms with Crippen LogP contribution in [0.25, 0.3) is 110 Å². The van der Waals surface area contributed by atoms with Crippen LogP contribution in [0.15, 0.2) is 180 Å². The van der Waals surface area contributed by atoms with Gasteiger partial charge in [0, 0.05) is 53.4 Å². The number of benzene rings is 7. The zero-order chi connectivity index (χ0) is 37.0. The molecule has 0 N–H and O–H groups in total. The average molecular weight is 736 g/mol. The highest BCUT2D eigenvalue weighted by Gasteiger charge is 2.22. The number of para-hydroxylation sites is 1. The Morgan fingerprint density at radius 1 is 0.375 bits per heavy atom. The van der Waals surface area contributed by atoms with E-state index in [1.165, 1.54) is 20.2 Å². The van der Waals surface area contributed by atoms with Crippen molar-refractivity contribution in [2.24, 2.45) is 0 Å². The Kier molecular flexibility index (Phi) is 7.57. The second-order valence-corrected chi connectivity index (χ2v) is 14.7. The van der Waals surface area contributed by atoms with Crippen molar-refractivity contribution < 1.29 is 4.42 Å². The fraction of sp³-hybridized carbons (Fsp3) is 0. The zero-order valence-corrected chi connectivity index (χ0v) is 30.6. The number of nitrogens with zero attached hydrogens (tertiary/aromatic N) is 5. The second-order valence-electron chi connectivity index (χ2n) is 13.6. The Hall–Kier alpha value is -7.35. The predicted octanol–water partition coefficient (Wildman–Crippen LogP) is 12.9. The van der Waals surface area contributed by atoms with Gasteiger partial charge in [-0.1, -0.05) is 146 Å². The highest BCUT2D eigenvalue weighted by molar-refractivity contribution is 7.25. The molecule has 0 saturated heterocycles. The summed E-state index contributed by atoms with van der Waals surface area (Å²) in [5.41, 5.74) is 9.49. The molecule has 4 aromatic heterocycles. The fourth-order valence-corrected chi connectivity index (χ4v) is 8.68. The molecular formula is C49H29N5OS. The Morgan fingerprint density at radius 2 is 0.964 bits per heavy atom. The molecular weight excluding hydrogens is 707 g/mol. The molecule has 0 saturated carbocycles. The van der Waals surface area contributed by atoms with Gasteiger partial charge in [-0.25, -0.2) is 24.9 Å². The van der Waals surface area contributed by atoms with Gasteiger partial charge in [-0.3, -0.25) is 0 Å².